The minimum Gasteiger partial charge on any atom is -0.330 e. The highest BCUT2D eigenvalue weighted by molar-refractivity contribution is 9.11. The molecular formula is C14H25BrN2S. The fraction of sp³-hybridized carbons (Fsp3) is 0.714. The predicted octanol–water partition coefficient (Wildman–Crippen LogP) is 4.10. The second-order valence-corrected chi connectivity index (χ2v) is 8.11. The third kappa shape index (κ3) is 6.32. The first-order valence-corrected chi connectivity index (χ1v) is 8.22. The molecule has 0 radical (unpaired) electrons. The number of thiophene rings is 1. The molecule has 104 valence electrons. The molecule has 18 heavy (non-hydrogen) atoms. The molecule has 0 aliphatic heterocycles. The third-order valence-electron chi connectivity index (χ3n) is 3.27. The van der Waals surface area contributed by atoms with Crippen LogP contribution in [0.15, 0.2) is 15.2 Å². The van der Waals surface area contributed by atoms with Crippen molar-refractivity contribution in [1.82, 2.24) is 4.90 Å². The van der Waals surface area contributed by atoms with Crippen LogP contribution in [0.4, 0.5) is 0 Å². The van der Waals surface area contributed by atoms with E-state index in [0.717, 1.165) is 19.6 Å². The topological polar surface area (TPSA) is 29.3 Å². The maximum Gasteiger partial charge on any atom is 0.0701 e. The van der Waals surface area contributed by atoms with Gasteiger partial charge in [-0.05, 0) is 71.3 Å². The first-order chi connectivity index (χ1) is 8.43. The Morgan fingerprint density at radius 3 is 2.67 bits per heavy atom. The molecule has 1 rings (SSSR count). The quantitative estimate of drug-likeness (QED) is 0.726. The molecular weight excluding hydrogens is 308 g/mol. The maximum absolute atomic E-state index is 5.74. The molecule has 0 saturated carbocycles. The van der Waals surface area contributed by atoms with E-state index in [1.54, 1.807) is 11.3 Å². The molecule has 1 aromatic rings. The van der Waals surface area contributed by atoms with Crippen LogP contribution in [-0.4, -0.2) is 25.0 Å². The SMILES string of the molecule is CN(CCCCC(C)(C)CN)Cc1csc(Br)c1. The normalized spacial score (nSPS) is 12.3. The summed E-state index contributed by atoms with van der Waals surface area (Å²) in [5.74, 6) is 0. The molecule has 1 heterocycles. The highest BCUT2D eigenvalue weighted by atomic mass is 79.9. The second-order valence-electron chi connectivity index (χ2n) is 5.82. The molecule has 0 fully saturated rings. The van der Waals surface area contributed by atoms with Crippen molar-refractivity contribution in [2.75, 3.05) is 20.1 Å². The minimum absolute atomic E-state index is 0.302. The summed E-state index contributed by atoms with van der Waals surface area (Å²) in [6.45, 7) is 7.49. The van der Waals surface area contributed by atoms with Gasteiger partial charge in [0.15, 0.2) is 0 Å². The number of nitrogens with zero attached hydrogens (tertiary/aromatic N) is 1. The zero-order chi connectivity index (χ0) is 13.6. The lowest BCUT2D eigenvalue weighted by atomic mass is 9.87. The van der Waals surface area contributed by atoms with E-state index < -0.39 is 0 Å². The van der Waals surface area contributed by atoms with Crippen LogP contribution in [-0.2, 0) is 6.54 Å². The van der Waals surface area contributed by atoms with Crippen LogP contribution in [0.5, 0.6) is 0 Å². The molecule has 4 heteroatoms. The van der Waals surface area contributed by atoms with Crippen LogP contribution in [0.2, 0.25) is 0 Å². The van der Waals surface area contributed by atoms with Crippen molar-refractivity contribution in [2.45, 2.75) is 39.7 Å². The van der Waals surface area contributed by atoms with Gasteiger partial charge in [0.1, 0.15) is 0 Å². The van der Waals surface area contributed by atoms with Crippen LogP contribution in [0.25, 0.3) is 0 Å². The van der Waals surface area contributed by atoms with Gasteiger partial charge in [-0.3, -0.25) is 0 Å². The Labute approximate surface area is 124 Å². The van der Waals surface area contributed by atoms with Crippen molar-refractivity contribution in [1.29, 1.82) is 0 Å². The summed E-state index contributed by atoms with van der Waals surface area (Å²) < 4.78 is 1.22. The smallest absolute Gasteiger partial charge is 0.0701 e. The van der Waals surface area contributed by atoms with Crippen molar-refractivity contribution < 1.29 is 0 Å². The lowest BCUT2D eigenvalue weighted by Gasteiger charge is -2.23. The lowest BCUT2D eigenvalue weighted by Crippen LogP contribution is -2.24. The average Bonchev–Trinajstić information content (AvgIpc) is 2.70. The number of hydrogen-bond acceptors (Lipinski definition) is 3. The molecule has 2 N–H and O–H groups in total. The average molecular weight is 333 g/mol. The molecule has 0 aliphatic rings. The number of nitrogens with two attached hydrogens (primary N) is 1. The molecule has 0 aromatic carbocycles. The van der Waals surface area contributed by atoms with E-state index in [-0.39, 0.29) is 0 Å². The Bertz CT molecular complexity index is 349. The lowest BCUT2D eigenvalue weighted by molar-refractivity contribution is 0.289. The fourth-order valence-electron chi connectivity index (χ4n) is 1.91. The van der Waals surface area contributed by atoms with Crippen molar-refractivity contribution in [3.63, 3.8) is 0 Å². The van der Waals surface area contributed by atoms with Crippen LogP contribution >= 0.6 is 27.3 Å². The Morgan fingerprint density at radius 1 is 1.39 bits per heavy atom. The summed E-state index contributed by atoms with van der Waals surface area (Å²) >= 11 is 5.26. The summed E-state index contributed by atoms with van der Waals surface area (Å²) in [7, 11) is 2.19. The Kier molecular flexibility index (Phi) is 6.85. The van der Waals surface area contributed by atoms with Gasteiger partial charge >= 0.3 is 0 Å². The molecule has 0 saturated heterocycles. The van der Waals surface area contributed by atoms with E-state index >= 15 is 0 Å². The molecule has 2 nitrogen and oxygen atoms in total. The Balaban J connectivity index is 2.16. The van der Waals surface area contributed by atoms with Gasteiger partial charge in [0, 0.05) is 6.54 Å². The minimum atomic E-state index is 0.302. The summed E-state index contributed by atoms with van der Waals surface area (Å²) in [6.07, 6.45) is 3.74. The van der Waals surface area contributed by atoms with Gasteiger partial charge in [0.25, 0.3) is 0 Å². The van der Waals surface area contributed by atoms with Gasteiger partial charge in [0.05, 0.1) is 3.79 Å². The van der Waals surface area contributed by atoms with E-state index in [0.29, 0.717) is 5.41 Å². The molecule has 0 bridgehead atoms. The molecule has 0 amide bonds. The van der Waals surface area contributed by atoms with Crippen LogP contribution in [0.1, 0.15) is 38.7 Å². The molecule has 0 spiro atoms. The fourth-order valence-corrected chi connectivity index (χ4v) is 3.11. The van der Waals surface area contributed by atoms with Crippen LogP contribution < -0.4 is 5.73 Å². The first kappa shape index (κ1) is 16.2. The van der Waals surface area contributed by atoms with E-state index in [1.807, 2.05) is 0 Å². The molecule has 0 atom stereocenters. The summed E-state index contributed by atoms with van der Waals surface area (Å²) in [5, 5.41) is 2.22. The molecule has 1 aromatic heterocycles. The largest absolute Gasteiger partial charge is 0.330 e. The number of halogens is 1. The van der Waals surface area contributed by atoms with Crippen molar-refractivity contribution >= 4 is 27.3 Å². The molecule has 0 aliphatic carbocycles. The number of hydrogen-bond donors (Lipinski definition) is 1. The van der Waals surface area contributed by atoms with E-state index in [1.165, 1.54) is 28.6 Å². The highest BCUT2D eigenvalue weighted by Gasteiger charge is 2.14. The molecule has 0 unspecified atom stereocenters. The van der Waals surface area contributed by atoms with Gasteiger partial charge in [-0.1, -0.05) is 20.3 Å². The zero-order valence-corrected chi connectivity index (χ0v) is 14.1. The second kappa shape index (κ2) is 7.63. The van der Waals surface area contributed by atoms with E-state index in [4.69, 9.17) is 5.73 Å². The van der Waals surface area contributed by atoms with Gasteiger partial charge in [-0.15, -0.1) is 11.3 Å². The Morgan fingerprint density at radius 2 is 2.11 bits per heavy atom. The van der Waals surface area contributed by atoms with Crippen molar-refractivity contribution in [3.8, 4) is 0 Å². The van der Waals surface area contributed by atoms with Gasteiger partial charge in [-0.2, -0.15) is 0 Å². The summed E-state index contributed by atoms with van der Waals surface area (Å²) in [5.41, 5.74) is 7.44. The number of rotatable bonds is 8. The number of unbranched alkanes of at least 4 members (excludes halogenated alkanes) is 1. The summed E-state index contributed by atoms with van der Waals surface area (Å²) in [4.78, 5) is 2.39. The maximum atomic E-state index is 5.74. The Hall–Kier alpha value is 0.100. The van der Waals surface area contributed by atoms with E-state index in [2.05, 4.69) is 53.2 Å². The third-order valence-corrected chi connectivity index (χ3v) is 4.82. The highest BCUT2D eigenvalue weighted by Crippen LogP contribution is 2.23. The van der Waals surface area contributed by atoms with E-state index in [9.17, 15) is 0 Å². The van der Waals surface area contributed by atoms with Crippen molar-refractivity contribution in [3.05, 3.63) is 20.8 Å². The first-order valence-electron chi connectivity index (χ1n) is 6.54. The van der Waals surface area contributed by atoms with Crippen molar-refractivity contribution in [2.24, 2.45) is 11.1 Å². The van der Waals surface area contributed by atoms with Crippen LogP contribution in [0, 0.1) is 5.41 Å². The monoisotopic (exact) mass is 332 g/mol. The van der Waals surface area contributed by atoms with Crippen LogP contribution in [0.3, 0.4) is 0 Å². The standard InChI is InChI=1S/C14H25BrN2S/c1-14(2,11-16)6-4-5-7-17(3)9-12-8-13(15)18-10-12/h8,10H,4-7,9,11,16H2,1-3H3. The van der Waals surface area contributed by atoms with Gasteiger partial charge in [-0.25, -0.2) is 0 Å². The summed E-state index contributed by atoms with van der Waals surface area (Å²) in [6, 6.07) is 2.21. The predicted molar refractivity (Wildman–Crippen MR) is 85.0 cm³/mol. The van der Waals surface area contributed by atoms with Gasteiger partial charge in [0.2, 0.25) is 0 Å². The zero-order valence-electron chi connectivity index (χ0n) is 11.7. The van der Waals surface area contributed by atoms with Gasteiger partial charge < -0.3 is 10.6 Å².